The third-order valence-electron chi connectivity index (χ3n) is 6.10. The van der Waals surface area contributed by atoms with Gasteiger partial charge in [-0.25, -0.2) is 0 Å². The van der Waals surface area contributed by atoms with Gasteiger partial charge >= 0.3 is 6.18 Å². The second-order valence-corrected chi connectivity index (χ2v) is 8.34. The topological polar surface area (TPSA) is 52.1 Å². The predicted molar refractivity (Wildman–Crippen MR) is 117 cm³/mol. The summed E-state index contributed by atoms with van der Waals surface area (Å²) in [4.78, 5) is 8.26. The molecule has 3 rings (SSSR count). The third-order valence-corrected chi connectivity index (χ3v) is 6.10. The number of rotatable bonds is 8. The molecule has 0 spiro atoms. The summed E-state index contributed by atoms with van der Waals surface area (Å²) in [6.07, 6.45) is -0.996. The van der Waals surface area contributed by atoms with E-state index in [1.807, 2.05) is 18.2 Å². The number of likely N-dealkylation sites (tertiary alicyclic amines) is 2. The van der Waals surface area contributed by atoms with Crippen molar-refractivity contribution in [3.8, 4) is 5.75 Å². The summed E-state index contributed by atoms with van der Waals surface area (Å²) in [7, 11) is 3.41. The number of nitrogens with zero attached hydrogens (tertiary/aromatic N) is 3. The molecular weight excluding hydrogens is 407 g/mol. The van der Waals surface area contributed by atoms with Gasteiger partial charge in [0.1, 0.15) is 5.75 Å². The first kappa shape index (κ1) is 23.7. The van der Waals surface area contributed by atoms with Gasteiger partial charge in [0.15, 0.2) is 5.96 Å². The summed E-state index contributed by atoms with van der Waals surface area (Å²) in [5, 5.41) is 6.72. The van der Waals surface area contributed by atoms with E-state index < -0.39 is 12.7 Å². The van der Waals surface area contributed by atoms with Gasteiger partial charge in [0.05, 0.1) is 19.7 Å². The number of hydrogen-bond donors (Lipinski definition) is 2. The average molecular weight is 442 g/mol. The number of benzene rings is 1. The molecular formula is C22H34F3N5O. The Labute approximate surface area is 182 Å². The Balaban J connectivity index is 1.54. The van der Waals surface area contributed by atoms with E-state index in [0.717, 1.165) is 30.8 Å². The molecule has 0 aromatic heterocycles. The van der Waals surface area contributed by atoms with Crippen LogP contribution in [-0.4, -0.2) is 81.9 Å². The lowest BCUT2D eigenvalue weighted by Gasteiger charge is -2.30. The van der Waals surface area contributed by atoms with Crippen molar-refractivity contribution in [3.05, 3.63) is 29.8 Å². The van der Waals surface area contributed by atoms with E-state index in [2.05, 4.69) is 26.6 Å². The van der Waals surface area contributed by atoms with Crippen molar-refractivity contribution < 1.29 is 17.9 Å². The lowest BCUT2D eigenvalue weighted by atomic mass is 10.0. The lowest BCUT2D eigenvalue weighted by molar-refractivity contribution is -0.143. The molecule has 2 saturated heterocycles. The maximum atomic E-state index is 12.6. The number of nitrogens with one attached hydrogen (secondary N) is 2. The standard InChI is InChI=1S/C22H34F3N5O/c1-26-21(27-13-17-9-12-29(15-17)16-22(23,24)25)28-14-19(30-10-5-6-11-30)18-7-3-4-8-20(18)31-2/h3-4,7-8,17,19H,5-6,9-16H2,1-2H3,(H2,26,27,28). The first-order valence-corrected chi connectivity index (χ1v) is 11.0. The molecule has 9 heteroatoms. The molecule has 2 heterocycles. The van der Waals surface area contributed by atoms with Crippen molar-refractivity contribution in [2.75, 3.05) is 60.0 Å². The summed E-state index contributed by atoms with van der Waals surface area (Å²) in [6.45, 7) is 3.50. The minimum absolute atomic E-state index is 0.158. The van der Waals surface area contributed by atoms with Crippen molar-refractivity contribution in [1.29, 1.82) is 0 Å². The van der Waals surface area contributed by atoms with Crippen LogP contribution in [0.25, 0.3) is 0 Å². The number of guanidine groups is 1. The SMILES string of the molecule is CN=C(NCC1CCN(CC(F)(F)F)C1)NCC(c1ccccc1OC)N1CCCC1. The molecule has 2 aliphatic heterocycles. The normalized spacial score (nSPS) is 22.0. The summed E-state index contributed by atoms with van der Waals surface area (Å²) < 4.78 is 43.4. The van der Waals surface area contributed by atoms with Gasteiger partial charge in [0.2, 0.25) is 0 Å². The molecule has 0 amide bonds. The fourth-order valence-electron chi connectivity index (χ4n) is 4.56. The van der Waals surface area contributed by atoms with Gasteiger partial charge in [-0.05, 0) is 50.9 Å². The average Bonchev–Trinajstić information content (AvgIpc) is 3.42. The zero-order valence-electron chi connectivity index (χ0n) is 18.4. The van der Waals surface area contributed by atoms with Crippen LogP contribution in [0.3, 0.4) is 0 Å². The Kier molecular flexibility index (Phi) is 8.43. The first-order valence-electron chi connectivity index (χ1n) is 11.0. The minimum atomic E-state index is -4.14. The number of para-hydroxylation sites is 1. The fraction of sp³-hybridized carbons (Fsp3) is 0.682. The van der Waals surface area contributed by atoms with Crippen molar-refractivity contribution in [2.24, 2.45) is 10.9 Å². The Morgan fingerprint density at radius 2 is 1.94 bits per heavy atom. The molecule has 6 nitrogen and oxygen atoms in total. The van der Waals surface area contributed by atoms with Crippen molar-refractivity contribution >= 4 is 5.96 Å². The molecule has 1 aromatic carbocycles. The zero-order valence-corrected chi connectivity index (χ0v) is 18.4. The highest BCUT2D eigenvalue weighted by Crippen LogP contribution is 2.31. The van der Waals surface area contributed by atoms with Crippen LogP contribution in [0, 0.1) is 5.92 Å². The van der Waals surface area contributed by atoms with E-state index >= 15 is 0 Å². The zero-order chi connectivity index (χ0) is 22.3. The Hall–Kier alpha value is -2.00. The van der Waals surface area contributed by atoms with Gasteiger partial charge in [0.25, 0.3) is 0 Å². The lowest BCUT2D eigenvalue weighted by Crippen LogP contribution is -2.44. The van der Waals surface area contributed by atoms with E-state index in [1.54, 1.807) is 14.2 Å². The monoisotopic (exact) mass is 441 g/mol. The fourth-order valence-corrected chi connectivity index (χ4v) is 4.56. The first-order chi connectivity index (χ1) is 14.9. The van der Waals surface area contributed by atoms with E-state index in [1.165, 1.54) is 17.7 Å². The highest BCUT2D eigenvalue weighted by molar-refractivity contribution is 5.79. The van der Waals surface area contributed by atoms with Crippen LogP contribution >= 0.6 is 0 Å². The molecule has 2 unspecified atom stereocenters. The quantitative estimate of drug-likeness (QED) is 0.480. The van der Waals surface area contributed by atoms with Gasteiger partial charge < -0.3 is 15.4 Å². The Bertz CT molecular complexity index is 721. The van der Waals surface area contributed by atoms with Crippen LogP contribution in [0.4, 0.5) is 13.2 Å². The molecule has 0 saturated carbocycles. The third kappa shape index (κ3) is 7.00. The van der Waals surface area contributed by atoms with Crippen LogP contribution in [-0.2, 0) is 0 Å². The van der Waals surface area contributed by atoms with Crippen molar-refractivity contribution in [3.63, 3.8) is 0 Å². The molecule has 174 valence electrons. The largest absolute Gasteiger partial charge is 0.496 e. The molecule has 2 atom stereocenters. The maximum absolute atomic E-state index is 12.6. The highest BCUT2D eigenvalue weighted by Gasteiger charge is 2.34. The van der Waals surface area contributed by atoms with Crippen LogP contribution < -0.4 is 15.4 Å². The minimum Gasteiger partial charge on any atom is -0.496 e. The molecule has 0 bridgehead atoms. The van der Waals surface area contributed by atoms with Crippen LogP contribution in [0.15, 0.2) is 29.3 Å². The Morgan fingerprint density at radius 3 is 2.61 bits per heavy atom. The number of halogens is 3. The van der Waals surface area contributed by atoms with E-state index in [0.29, 0.717) is 32.1 Å². The summed E-state index contributed by atoms with van der Waals surface area (Å²) in [5.74, 6) is 1.73. The molecule has 1 aromatic rings. The van der Waals surface area contributed by atoms with E-state index in [9.17, 15) is 13.2 Å². The summed E-state index contributed by atoms with van der Waals surface area (Å²) in [5.41, 5.74) is 1.15. The van der Waals surface area contributed by atoms with Gasteiger partial charge in [-0.15, -0.1) is 0 Å². The Morgan fingerprint density at radius 1 is 1.19 bits per heavy atom. The molecule has 2 N–H and O–H groups in total. The number of ether oxygens (including phenoxy) is 1. The van der Waals surface area contributed by atoms with Gasteiger partial charge in [-0.3, -0.25) is 14.8 Å². The molecule has 0 aliphatic carbocycles. The van der Waals surface area contributed by atoms with Crippen molar-refractivity contribution in [2.45, 2.75) is 31.5 Å². The maximum Gasteiger partial charge on any atom is 0.401 e. The number of methoxy groups -OCH3 is 1. The number of alkyl halides is 3. The summed E-state index contributed by atoms with van der Waals surface area (Å²) >= 11 is 0. The van der Waals surface area contributed by atoms with Crippen LogP contribution in [0.5, 0.6) is 5.75 Å². The van der Waals surface area contributed by atoms with E-state index in [-0.39, 0.29) is 12.0 Å². The van der Waals surface area contributed by atoms with Gasteiger partial charge in [-0.2, -0.15) is 13.2 Å². The number of aliphatic imine (C=N–C) groups is 1. The van der Waals surface area contributed by atoms with Gasteiger partial charge in [0, 0.05) is 32.2 Å². The van der Waals surface area contributed by atoms with Crippen molar-refractivity contribution in [1.82, 2.24) is 20.4 Å². The highest BCUT2D eigenvalue weighted by atomic mass is 19.4. The second-order valence-electron chi connectivity index (χ2n) is 8.34. The smallest absolute Gasteiger partial charge is 0.401 e. The predicted octanol–water partition coefficient (Wildman–Crippen LogP) is 2.88. The van der Waals surface area contributed by atoms with E-state index in [4.69, 9.17) is 4.74 Å². The molecule has 0 radical (unpaired) electrons. The molecule has 2 fully saturated rings. The van der Waals surface area contributed by atoms with Crippen LogP contribution in [0.1, 0.15) is 30.9 Å². The van der Waals surface area contributed by atoms with Crippen LogP contribution in [0.2, 0.25) is 0 Å². The number of hydrogen-bond acceptors (Lipinski definition) is 4. The molecule has 2 aliphatic rings. The van der Waals surface area contributed by atoms with Gasteiger partial charge in [-0.1, -0.05) is 18.2 Å². The molecule has 31 heavy (non-hydrogen) atoms. The summed E-state index contributed by atoms with van der Waals surface area (Å²) in [6, 6.07) is 8.25. The second kappa shape index (κ2) is 11.0.